The van der Waals surface area contributed by atoms with E-state index in [1.165, 1.54) is 5.01 Å². The van der Waals surface area contributed by atoms with Crippen molar-refractivity contribution in [3.05, 3.63) is 71.5 Å². The number of phenolic OH excluding ortho intramolecular Hbond substituents is 1. The van der Waals surface area contributed by atoms with Gasteiger partial charge < -0.3 is 9.30 Å². The first-order valence-electron chi connectivity index (χ1n) is 22.4. The zero-order valence-corrected chi connectivity index (χ0v) is 40.2. The molecule has 2 saturated heterocycles. The SMILES string of the molecule is CCn1c2c3c4cc(ccc41)-c1cc(O)cc(c1)C[C@H](NC(=O)[C@H](C(C)C)[In]([CH3])[C](=O)C1CC14CNC4)C(=O)N1CCC[C@H](N1)C(=O)OCC(C)(C)C3[C@H](OC)c1ncccc1-2. The molecule has 6 bridgehead atoms. The van der Waals surface area contributed by atoms with Gasteiger partial charge >= 0.3 is 277 Å². The Kier molecular flexibility index (Phi) is 11.4. The number of methoxy groups -OCH3 is 1. The van der Waals surface area contributed by atoms with Crippen LogP contribution in [0, 0.1) is 22.7 Å². The van der Waals surface area contributed by atoms with Crippen LogP contribution in [0.1, 0.15) is 82.7 Å². The number of ether oxygens (including phenoxy) is 2. The molecule has 1 saturated carbocycles. The third-order valence-corrected chi connectivity index (χ3v) is 24.5. The van der Waals surface area contributed by atoms with E-state index < -0.39 is 60.6 Å². The number of rotatable bonds is 8. The molecule has 5 heterocycles. The van der Waals surface area contributed by atoms with Gasteiger partial charge in [0.25, 0.3) is 0 Å². The minimum Gasteiger partial charge on any atom is -0.374 e. The number of phenols is 1. The number of carbonyl (C=O) groups is 4. The number of hydrazine groups is 1. The van der Waals surface area contributed by atoms with Crippen LogP contribution in [0.5, 0.6) is 5.75 Å². The van der Waals surface area contributed by atoms with E-state index >= 15 is 0 Å². The van der Waals surface area contributed by atoms with E-state index in [-0.39, 0.29) is 47.9 Å². The van der Waals surface area contributed by atoms with Crippen molar-refractivity contribution in [2.24, 2.45) is 22.7 Å². The molecule has 1 spiro atoms. The van der Waals surface area contributed by atoms with Crippen molar-refractivity contribution in [2.45, 2.75) is 99.3 Å². The van der Waals surface area contributed by atoms with Crippen LogP contribution in [0.2, 0.25) is 8.35 Å². The van der Waals surface area contributed by atoms with E-state index in [0.717, 1.165) is 64.1 Å². The van der Waals surface area contributed by atoms with Gasteiger partial charge in [0.2, 0.25) is 0 Å². The van der Waals surface area contributed by atoms with Crippen molar-refractivity contribution in [3.8, 4) is 28.1 Å². The number of benzene rings is 2. The maximum atomic E-state index is 14.7. The van der Waals surface area contributed by atoms with Gasteiger partial charge in [0.05, 0.1) is 11.4 Å². The Bertz CT molecular complexity index is 2460. The monoisotopic (exact) mass is 946 g/mol. The van der Waals surface area contributed by atoms with Crippen LogP contribution in [-0.2, 0) is 41.6 Å². The van der Waals surface area contributed by atoms with Crippen LogP contribution in [0.15, 0.2) is 54.7 Å². The first-order chi connectivity index (χ1) is 29.7. The molecule has 3 aliphatic heterocycles. The third kappa shape index (κ3) is 7.36. The number of aryl methyl sites for hydroxylation is 1. The van der Waals surface area contributed by atoms with Gasteiger partial charge in [0.15, 0.2) is 0 Å². The van der Waals surface area contributed by atoms with E-state index in [1.54, 1.807) is 25.4 Å². The minimum absolute atomic E-state index is 0.0365. The molecular formula is C48H59InN6O7. The number of pyridine rings is 1. The standard InChI is InChI=1S/C41H48N5O6.C6H8NO.CH3.In/c1-7-45-32-13-12-25-21-29(32)34-35(38(51-6)36-28(37(34)45)10-8-14-42-36)41(4,5)22-52-40(50)30-11-9-15-46(44-30)39(49)31(43-33(48)16-23(2)3)19-24-17-26(25)20-27(47)18-24;8-2-5-1-6(5)3-7-4-6;;/h8,10,12-14,16-18,20-21,23,30-31,35,38,44,47H,7,9,11,15,19,22H2,1-6H3,(H,43,48);5,7H,1,3-4H2;1H3;/t30-,31-,35?,38-;;;/m0.../s1. The Hall–Kier alpha value is -4.24. The molecule has 4 aromatic rings. The second-order valence-corrected chi connectivity index (χ2v) is 27.7. The smallest absolute Gasteiger partial charge is 0.374 e. The van der Waals surface area contributed by atoms with E-state index in [0.29, 0.717) is 35.0 Å². The fraction of sp³-hybridized carbons (Fsp3) is 0.521. The molecule has 13 nitrogen and oxygen atoms in total. The summed E-state index contributed by atoms with van der Waals surface area (Å²) < 4.78 is 16.8. The summed E-state index contributed by atoms with van der Waals surface area (Å²) in [6.07, 6.45) is 3.35. The van der Waals surface area contributed by atoms with Gasteiger partial charge in [-0.2, -0.15) is 0 Å². The summed E-state index contributed by atoms with van der Waals surface area (Å²) in [4.78, 5) is 62.1. The van der Waals surface area contributed by atoms with Crippen LogP contribution < -0.4 is 16.1 Å². The van der Waals surface area contributed by atoms with Gasteiger partial charge in [0, 0.05) is 31.3 Å². The molecule has 6 atom stereocenters. The number of hydrogen-bond acceptors (Lipinski definition) is 10. The predicted molar refractivity (Wildman–Crippen MR) is 237 cm³/mol. The van der Waals surface area contributed by atoms with E-state index in [4.69, 9.17) is 14.5 Å². The summed E-state index contributed by atoms with van der Waals surface area (Å²) in [6.45, 7) is 13.1. The topological polar surface area (TPSA) is 164 Å². The number of hydrogen-bond donors (Lipinski definition) is 4. The molecular weight excluding hydrogens is 887 g/mol. The Morgan fingerprint density at radius 1 is 1.11 bits per heavy atom. The van der Waals surface area contributed by atoms with Crippen molar-refractivity contribution in [3.63, 3.8) is 0 Å². The quantitative estimate of drug-likeness (QED) is 0.158. The number of esters is 1. The summed E-state index contributed by atoms with van der Waals surface area (Å²) in [5.41, 5.74) is 9.92. The summed E-state index contributed by atoms with van der Waals surface area (Å²) >= 11 is -3.17. The van der Waals surface area contributed by atoms with E-state index in [2.05, 4.69) is 70.3 Å². The number of nitrogens with zero attached hydrogens (tertiary/aromatic N) is 3. The molecule has 4 N–H and O–H groups in total. The van der Waals surface area contributed by atoms with Crippen molar-refractivity contribution in [1.82, 2.24) is 30.6 Å². The zero-order chi connectivity index (χ0) is 43.8. The summed E-state index contributed by atoms with van der Waals surface area (Å²) in [5, 5.41) is 20.3. The molecule has 62 heavy (non-hydrogen) atoms. The molecule has 3 fully saturated rings. The molecule has 14 heteroatoms. The Morgan fingerprint density at radius 2 is 1.90 bits per heavy atom. The molecule has 2 aliphatic carbocycles. The Balaban J connectivity index is 1.14. The van der Waals surface area contributed by atoms with Crippen LogP contribution in [0.25, 0.3) is 33.3 Å². The zero-order valence-electron chi connectivity index (χ0n) is 36.9. The molecule has 326 valence electrons. The number of aromatic nitrogens is 2. The number of amides is 2. The fourth-order valence-electron chi connectivity index (χ4n) is 11.3. The number of aromatic hydroxyl groups is 1. The second-order valence-electron chi connectivity index (χ2n) is 19.6. The number of carbonyl (C=O) groups excluding carboxylic acids is 4. The maximum absolute atomic E-state index is 14.7. The Morgan fingerprint density at radius 3 is 2.60 bits per heavy atom. The van der Waals surface area contributed by atoms with Crippen molar-refractivity contribution in [2.75, 3.05) is 33.4 Å². The van der Waals surface area contributed by atoms with Gasteiger partial charge in [-0.05, 0) is 19.1 Å². The normalized spacial score (nSPS) is 25.4. The Labute approximate surface area is 371 Å². The number of fused-ring (bicyclic) bond motifs is 8. The fourth-order valence-corrected chi connectivity index (χ4v) is 20.3. The number of nitrogens with one attached hydrogen (secondary N) is 3. The molecule has 9 rings (SSSR count). The van der Waals surface area contributed by atoms with E-state index in [9.17, 15) is 24.3 Å². The summed E-state index contributed by atoms with van der Waals surface area (Å²) in [5.74, 6) is -1.41. The molecule has 2 aromatic heterocycles. The first kappa shape index (κ1) is 43.0. The molecule has 2 aromatic carbocycles. The average Bonchev–Trinajstić information content (AvgIpc) is 3.94. The van der Waals surface area contributed by atoms with E-state index in [1.807, 2.05) is 26.0 Å². The molecule has 2 unspecified atom stereocenters. The molecule has 2 amide bonds. The van der Waals surface area contributed by atoms with Gasteiger partial charge in [-0.15, -0.1) is 0 Å². The predicted octanol–water partition coefficient (Wildman–Crippen LogP) is 5.86. The van der Waals surface area contributed by atoms with Crippen molar-refractivity contribution in [1.29, 1.82) is 0 Å². The van der Waals surface area contributed by atoms with Gasteiger partial charge in [-0.3, -0.25) is 4.98 Å². The number of cyclic esters (lactones) is 1. The summed E-state index contributed by atoms with van der Waals surface area (Å²) in [7, 11) is 1.70. The van der Waals surface area contributed by atoms with Gasteiger partial charge in [0.1, 0.15) is 6.10 Å². The molecule has 5 aliphatic rings. The molecule has 0 radical (unpaired) electrons. The van der Waals surface area contributed by atoms with Crippen molar-refractivity contribution < 1.29 is 33.8 Å². The van der Waals surface area contributed by atoms with Gasteiger partial charge in [-0.25, -0.2) is 0 Å². The first-order valence-corrected chi connectivity index (χ1v) is 29.3. The van der Waals surface area contributed by atoms with Crippen LogP contribution in [0.3, 0.4) is 0 Å². The van der Waals surface area contributed by atoms with Crippen LogP contribution >= 0.6 is 0 Å². The van der Waals surface area contributed by atoms with Crippen LogP contribution in [0.4, 0.5) is 0 Å². The second kappa shape index (κ2) is 16.4. The van der Waals surface area contributed by atoms with Crippen LogP contribution in [-0.4, -0.2) is 108 Å². The van der Waals surface area contributed by atoms with Gasteiger partial charge in [-0.1, -0.05) is 13.8 Å². The summed E-state index contributed by atoms with van der Waals surface area (Å²) in [6, 6.07) is 13.9. The average molecular weight is 947 g/mol. The van der Waals surface area contributed by atoms with Crippen molar-refractivity contribution >= 4 is 53.7 Å². The minimum atomic E-state index is -3.17. The third-order valence-electron chi connectivity index (χ3n) is 14.7.